The van der Waals surface area contributed by atoms with Crippen molar-refractivity contribution in [2.45, 2.75) is 36.1 Å². The number of methoxy groups -OCH3 is 1. The van der Waals surface area contributed by atoms with E-state index in [9.17, 15) is 4.48 Å². The van der Waals surface area contributed by atoms with Crippen LogP contribution in [0.2, 0.25) is 0 Å². The molecular formula is C19H28FN5O2S2. The summed E-state index contributed by atoms with van der Waals surface area (Å²) in [6, 6.07) is 5.37. The van der Waals surface area contributed by atoms with Crippen molar-refractivity contribution in [1.82, 2.24) is 24.9 Å². The minimum absolute atomic E-state index is 0.0308. The highest BCUT2D eigenvalue weighted by Gasteiger charge is 2.25. The molecule has 2 heterocycles. The molecule has 0 bridgehead atoms. The zero-order valence-corrected chi connectivity index (χ0v) is 18.5. The number of pyridine rings is 2. The van der Waals surface area contributed by atoms with Crippen molar-refractivity contribution in [2.75, 3.05) is 34.0 Å². The number of hydrazine groups is 1. The first-order chi connectivity index (χ1) is 14.1. The fourth-order valence-electron chi connectivity index (χ4n) is 3.31. The summed E-state index contributed by atoms with van der Waals surface area (Å²) >= 11 is 5.60. The molecule has 0 saturated heterocycles. The van der Waals surface area contributed by atoms with Gasteiger partial charge in [-0.2, -0.15) is 12.6 Å². The quantitative estimate of drug-likeness (QED) is 0.137. The zero-order chi connectivity index (χ0) is 20.6. The number of halogens is 1. The van der Waals surface area contributed by atoms with Gasteiger partial charge in [0.25, 0.3) is 0 Å². The van der Waals surface area contributed by atoms with Crippen molar-refractivity contribution in [1.29, 1.82) is 0 Å². The molecule has 29 heavy (non-hydrogen) atoms. The minimum atomic E-state index is 0.0308. The summed E-state index contributed by atoms with van der Waals surface area (Å²) in [5.41, 5.74) is 4.45. The molecule has 160 valence electrons. The molecule has 10 heteroatoms. The largest absolute Gasteiger partial charge is 0.489 e. The van der Waals surface area contributed by atoms with Crippen LogP contribution in [-0.2, 0) is 4.74 Å². The van der Waals surface area contributed by atoms with E-state index in [1.165, 1.54) is 25.7 Å². The molecule has 1 unspecified atom stereocenters. The van der Waals surface area contributed by atoms with Crippen LogP contribution in [0, 0.1) is 5.92 Å². The van der Waals surface area contributed by atoms with Crippen molar-refractivity contribution in [3.8, 4) is 5.75 Å². The molecule has 7 nitrogen and oxygen atoms in total. The van der Waals surface area contributed by atoms with Crippen molar-refractivity contribution in [2.24, 2.45) is 5.92 Å². The Bertz CT molecular complexity index is 781. The Morgan fingerprint density at radius 1 is 1.31 bits per heavy atom. The monoisotopic (exact) mass is 441 g/mol. The number of rotatable bonds is 11. The van der Waals surface area contributed by atoms with Crippen molar-refractivity contribution < 1.29 is 14.0 Å². The summed E-state index contributed by atoms with van der Waals surface area (Å²) < 4.78 is 25.5. The fraction of sp³-hybridized carbons (Fsp3) is 0.579. The molecule has 0 aliphatic heterocycles. The van der Waals surface area contributed by atoms with Gasteiger partial charge in [-0.1, -0.05) is 17.4 Å². The standard InChI is InChI=1S/C19H28FN5O2S2/c1-24(19(28)14-5-3-4-6-14)22-13-25(20)29-18-8-7-16-17(23-18)11-15(12-21-16)27-10-9-26-2/h7-8,11-12,14,19,22,28H,3-6,9-10,13H2,1-2H3. The van der Waals surface area contributed by atoms with Gasteiger partial charge >= 0.3 is 0 Å². The molecule has 1 saturated carbocycles. The second-order valence-corrected chi connectivity index (χ2v) is 8.52. The van der Waals surface area contributed by atoms with Crippen LogP contribution in [0.15, 0.2) is 29.4 Å². The van der Waals surface area contributed by atoms with E-state index in [0.29, 0.717) is 40.0 Å². The number of nitrogens with one attached hydrogen (secondary N) is 1. The molecule has 2 aromatic rings. The molecule has 1 atom stereocenters. The van der Waals surface area contributed by atoms with Gasteiger partial charge in [0.15, 0.2) is 0 Å². The predicted octanol–water partition coefficient (Wildman–Crippen LogP) is 3.69. The maximum absolute atomic E-state index is 14.4. The SMILES string of the molecule is COCCOc1cnc2ccc(SN(F)CNN(C)C(S)C3CCCC3)nc2c1. The third-order valence-corrected chi connectivity index (χ3v) is 6.41. The second-order valence-electron chi connectivity index (χ2n) is 6.99. The van der Waals surface area contributed by atoms with Crippen LogP contribution in [0.3, 0.4) is 0 Å². The summed E-state index contributed by atoms with van der Waals surface area (Å²) in [4.78, 5) is 8.80. The van der Waals surface area contributed by atoms with Gasteiger partial charge in [0, 0.05) is 32.2 Å². The average Bonchev–Trinajstić information content (AvgIpc) is 3.26. The number of hydrogen-bond acceptors (Lipinski definition) is 9. The molecule has 1 N–H and O–H groups in total. The minimum Gasteiger partial charge on any atom is -0.489 e. The highest BCUT2D eigenvalue weighted by Crippen LogP contribution is 2.31. The number of aromatic nitrogens is 2. The molecule has 0 radical (unpaired) electrons. The molecule has 1 fully saturated rings. The summed E-state index contributed by atoms with van der Waals surface area (Å²) in [5, 5.41) is 2.50. The average molecular weight is 442 g/mol. The molecule has 0 aromatic carbocycles. The smallest absolute Gasteiger partial charge is 0.139 e. The van der Waals surface area contributed by atoms with Gasteiger partial charge in [0.1, 0.15) is 24.1 Å². The normalized spacial score (nSPS) is 16.2. The summed E-state index contributed by atoms with van der Waals surface area (Å²) in [6.45, 7) is 0.957. The van der Waals surface area contributed by atoms with Crippen LogP contribution in [0.5, 0.6) is 5.75 Å². The molecular weight excluding hydrogens is 413 g/mol. The Kier molecular flexibility index (Phi) is 8.76. The lowest BCUT2D eigenvalue weighted by Gasteiger charge is -2.29. The lowest BCUT2D eigenvalue weighted by atomic mass is 10.1. The Hall–Kier alpha value is -1.17. The van der Waals surface area contributed by atoms with Crippen LogP contribution >= 0.6 is 24.6 Å². The van der Waals surface area contributed by atoms with E-state index in [2.05, 4.69) is 28.0 Å². The van der Waals surface area contributed by atoms with Crippen LogP contribution < -0.4 is 10.2 Å². The van der Waals surface area contributed by atoms with Crippen molar-refractivity contribution >= 4 is 35.6 Å². The van der Waals surface area contributed by atoms with Crippen LogP contribution in [-0.4, -0.2) is 58.9 Å². The van der Waals surface area contributed by atoms with Gasteiger partial charge < -0.3 is 9.47 Å². The Morgan fingerprint density at radius 2 is 2.10 bits per heavy atom. The van der Waals surface area contributed by atoms with E-state index in [-0.39, 0.29) is 12.0 Å². The molecule has 1 aliphatic rings. The Morgan fingerprint density at radius 3 is 2.86 bits per heavy atom. The Labute approximate surface area is 180 Å². The first kappa shape index (κ1) is 22.5. The number of fused-ring (bicyclic) bond motifs is 1. The Balaban J connectivity index is 1.52. The third-order valence-electron chi connectivity index (χ3n) is 4.90. The number of nitrogens with zero attached hydrogens (tertiary/aromatic N) is 4. The van der Waals surface area contributed by atoms with Crippen molar-refractivity contribution in [3.05, 3.63) is 24.4 Å². The molecule has 2 aromatic heterocycles. The first-order valence-corrected chi connectivity index (χ1v) is 11.0. The predicted molar refractivity (Wildman–Crippen MR) is 116 cm³/mol. The second kappa shape index (κ2) is 11.3. The van der Waals surface area contributed by atoms with Crippen LogP contribution in [0.4, 0.5) is 4.48 Å². The van der Waals surface area contributed by atoms with Gasteiger partial charge in [-0.15, -0.1) is 4.48 Å². The summed E-state index contributed by atoms with van der Waals surface area (Å²) in [6.07, 6.45) is 6.51. The number of hydrogen-bond donors (Lipinski definition) is 2. The highest BCUT2D eigenvalue weighted by molar-refractivity contribution is 7.96. The molecule has 3 rings (SSSR count). The maximum Gasteiger partial charge on any atom is 0.139 e. The van der Waals surface area contributed by atoms with Crippen LogP contribution in [0.25, 0.3) is 11.0 Å². The lowest BCUT2D eigenvalue weighted by Crippen LogP contribution is -2.45. The highest BCUT2D eigenvalue weighted by atomic mass is 32.2. The maximum atomic E-state index is 14.4. The van der Waals surface area contributed by atoms with Crippen molar-refractivity contribution in [3.63, 3.8) is 0 Å². The zero-order valence-electron chi connectivity index (χ0n) is 16.8. The third kappa shape index (κ3) is 6.66. The summed E-state index contributed by atoms with van der Waals surface area (Å²) in [7, 11) is 3.52. The molecule has 0 spiro atoms. The van der Waals surface area contributed by atoms with Gasteiger partial charge in [-0.05, 0) is 30.9 Å². The van der Waals surface area contributed by atoms with E-state index in [1.54, 1.807) is 25.4 Å². The number of ether oxygens (including phenoxy) is 2. The van der Waals surface area contributed by atoms with E-state index < -0.39 is 0 Å². The fourth-order valence-corrected chi connectivity index (χ4v) is 4.28. The first-order valence-electron chi connectivity index (χ1n) is 9.71. The molecule has 1 aliphatic carbocycles. The number of thiol groups is 1. The van der Waals surface area contributed by atoms with E-state index in [0.717, 1.165) is 17.5 Å². The van der Waals surface area contributed by atoms with Crippen LogP contribution in [0.1, 0.15) is 25.7 Å². The lowest BCUT2D eigenvalue weighted by molar-refractivity contribution is 0.0807. The van der Waals surface area contributed by atoms with E-state index in [4.69, 9.17) is 9.47 Å². The molecule has 0 amide bonds. The topological polar surface area (TPSA) is 62.8 Å². The van der Waals surface area contributed by atoms with E-state index in [1.807, 2.05) is 18.1 Å². The van der Waals surface area contributed by atoms with E-state index >= 15 is 0 Å². The van der Waals surface area contributed by atoms with Gasteiger partial charge in [0.05, 0.1) is 29.2 Å². The van der Waals surface area contributed by atoms with Gasteiger partial charge in [0.2, 0.25) is 0 Å². The van der Waals surface area contributed by atoms with Gasteiger partial charge in [-0.25, -0.2) is 15.4 Å². The summed E-state index contributed by atoms with van der Waals surface area (Å²) in [5.74, 6) is 1.16. The van der Waals surface area contributed by atoms with Gasteiger partial charge in [-0.3, -0.25) is 4.98 Å².